The molecule has 4 rings (SSSR count). The Labute approximate surface area is 172 Å². The number of nitrogens with zero attached hydrogens (tertiary/aromatic N) is 5. The Bertz CT molecular complexity index is 1130. The smallest absolute Gasteiger partial charge is 0.324 e. The number of thioether (sulfide) groups is 1. The van der Waals surface area contributed by atoms with Crippen LogP contribution in [-0.2, 0) is 16.6 Å². The molecule has 1 aliphatic rings. The highest BCUT2D eigenvalue weighted by Crippen LogP contribution is 2.38. The number of carbonyl (C=O) groups is 2. The van der Waals surface area contributed by atoms with Crippen molar-refractivity contribution in [3.63, 3.8) is 0 Å². The highest BCUT2D eigenvalue weighted by molar-refractivity contribution is 8.00. The van der Waals surface area contributed by atoms with Crippen molar-refractivity contribution >= 4 is 46.0 Å². The van der Waals surface area contributed by atoms with Crippen LogP contribution in [0.4, 0.5) is 24.5 Å². The van der Waals surface area contributed by atoms with E-state index in [2.05, 4.69) is 20.4 Å². The number of alkyl halides is 3. The van der Waals surface area contributed by atoms with Crippen LogP contribution in [0.25, 0.3) is 11.0 Å². The average molecular weight is 436 g/mol. The molecule has 156 valence electrons. The van der Waals surface area contributed by atoms with Crippen LogP contribution < -0.4 is 10.2 Å². The van der Waals surface area contributed by atoms with Crippen molar-refractivity contribution in [1.82, 2.24) is 19.7 Å². The highest BCUT2D eigenvalue weighted by atomic mass is 32.2. The fourth-order valence-electron chi connectivity index (χ4n) is 3.25. The molecule has 0 fully saturated rings. The van der Waals surface area contributed by atoms with Crippen molar-refractivity contribution in [3.05, 3.63) is 36.8 Å². The third kappa shape index (κ3) is 3.70. The molecule has 0 unspecified atom stereocenters. The first kappa shape index (κ1) is 20.1. The van der Waals surface area contributed by atoms with Gasteiger partial charge in [-0.15, -0.1) is 0 Å². The van der Waals surface area contributed by atoms with Gasteiger partial charge >= 0.3 is 6.18 Å². The highest BCUT2D eigenvalue weighted by Gasteiger charge is 2.48. The van der Waals surface area contributed by atoms with Gasteiger partial charge in [-0.1, -0.05) is 23.9 Å². The van der Waals surface area contributed by atoms with Gasteiger partial charge < -0.3 is 5.32 Å². The third-order valence-electron chi connectivity index (χ3n) is 4.60. The summed E-state index contributed by atoms with van der Waals surface area (Å²) < 4.78 is 42.8. The van der Waals surface area contributed by atoms with E-state index in [1.165, 1.54) is 35.4 Å². The van der Waals surface area contributed by atoms with E-state index < -0.39 is 30.5 Å². The molecule has 8 nitrogen and oxygen atoms in total. The van der Waals surface area contributed by atoms with Crippen LogP contribution in [0.2, 0.25) is 0 Å². The minimum atomic E-state index is -4.78. The molecule has 30 heavy (non-hydrogen) atoms. The second kappa shape index (κ2) is 7.59. The summed E-state index contributed by atoms with van der Waals surface area (Å²) in [7, 11) is 1.70. The molecule has 2 amide bonds. The number of fused-ring (bicyclic) bond motifs is 2. The van der Waals surface area contributed by atoms with Crippen molar-refractivity contribution in [3.8, 4) is 0 Å². The fourth-order valence-corrected chi connectivity index (χ4v) is 4.07. The summed E-state index contributed by atoms with van der Waals surface area (Å²) in [6.07, 6.45) is -2.82. The molecule has 3 heterocycles. The molecule has 1 aromatic carbocycles. The molecule has 0 saturated heterocycles. The lowest BCUT2D eigenvalue weighted by molar-refractivity contribution is -0.157. The molecule has 2 aromatic heterocycles. The number of para-hydroxylation sites is 2. The molecular formula is C18H15F3N6O2S. The summed E-state index contributed by atoms with van der Waals surface area (Å²) in [5.74, 6) is -1.90. The van der Waals surface area contributed by atoms with Gasteiger partial charge in [0.1, 0.15) is 17.4 Å². The standard InChI is InChI=1S/C18H15F3N6O2S/c1-26-16-10(7-24-26)17(23-9-22-16)30-8-15(29)27-12-5-3-2-4-11(12)25-14(28)6-13(27)18(19,20)21/h2-5,7,9,13H,6,8H2,1H3,(H,25,28)/t13-/m0/s1. The Morgan fingerprint density at radius 2 is 2.07 bits per heavy atom. The van der Waals surface area contributed by atoms with Gasteiger partial charge in [0.15, 0.2) is 5.65 Å². The van der Waals surface area contributed by atoms with E-state index in [1.54, 1.807) is 13.1 Å². The molecule has 0 radical (unpaired) electrons. The first-order valence-corrected chi connectivity index (χ1v) is 9.77. The summed E-state index contributed by atoms with van der Waals surface area (Å²) in [6, 6.07) is 3.67. The number of halogens is 3. The van der Waals surface area contributed by atoms with Crippen molar-refractivity contribution in [2.75, 3.05) is 16.0 Å². The van der Waals surface area contributed by atoms with E-state index in [9.17, 15) is 22.8 Å². The third-order valence-corrected chi connectivity index (χ3v) is 5.59. The lowest BCUT2D eigenvalue weighted by Crippen LogP contribution is -2.50. The zero-order chi connectivity index (χ0) is 21.5. The molecule has 1 aliphatic heterocycles. The van der Waals surface area contributed by atoms with E-state index in [0.717, 1.165) is 11.8 Å². The number of aryl methyl sites for hydroxylation is 1. The predicted molar refractivity (Wildman–Crippen MR) is 104 cm³/mol. The van der Waals surface area contributed by atoms with Crippen LogP contribution in [-0.4, -0.2) is 49.5 Å². The maximum absolute atomic E-state index is 13.8. The first-order chi connectivity index (χ1) is 14.3. The molecule has 0 bridgehead atoms. The quantitative estimate of drug-likeness (QED) is 0.501. The maximum atomic E-state index is 13.8. The van der Waals surface area contributed by atoms with Gasteiger partial charge in [-0.25, -0.2) is 9.97 Å². The molecule has 1 N–H and O–H groups in total. The predicted octanol–water partition coefficient (Wildman–Crippen LogP) is 2.76. The largest absolute Gasteiger partial charge is 0.409 e. The molecular weight excluding hydrogens is 421 g/mol. The Hall–Kier alpha value is -3.15. The van der Waals surface area contributed by atoms with E-state index in [4.69, 9.17) is 0 Å². The second-order valence-corrected chi connectivity index (χ2v) is 7.53. The van der Waals surface area contributed by atoms with E-state index in [-0.39, 0.29) is 17.1 Å². The number of hydrogen-bond donors (Lipinski definition) is 1. The fraction of sp³-hybridized carbons (Fsp3) is 0.278. The Balaban J connectivity index is 1.67. The van der Waals surface area contributed by atoms with Gasteiger partial charge in [0.05, 0.1) is 35.1 Å². The second-order valence-electron chi connectivity index (χ2n) is 6.56. The summed E-state index contributed by atoms with van der Waals surface area (Å²) in [5, 5.41) is 7.55. The van der Waals surface area contributed by atoms with E-state index >= 15 is 0 Å². The van der Waals surface area contributed by atoms with Gasteiger partial charge in [-0.05, 0) is 12.1 Å². The van der Waals surface area contributed by atoms with Crippen molar-refractivity contribution in [1.29, 1.82) is 0 Å². The van der Waals surface area contributed by atoms with Gasteiger partial charge in [0, 0.05) is 7.05 Å². The molecule has 0 spiro atoms. The monoisotopic (exact) mass is 436 g/mol. The van der Waals surface area contributed by atoms with Crippen molar-refractivity contribution < 1.29 is 22.8 Å². The number of anilines is 2. The normalized spacial score (nSPS) is 16.9. The zero-order valence-corrected chi connectivity index (χ0v) is 16.4. The Kier molecular flexibility index (Phi) is 5.10. The topological polar surface area (TPSA) is 93.0 Å². The van der Waals surface area contributed by atoms with Crippen LogP contribution in [0.3, 0.4) is 0 Å². The molecule has 0 saturated carbocycles. The molecule has 12 heteroatoms. The number of carbonyl (C=O) groups excluding carboxylic acids is 2. The molecule has 1 atom stereocenters. The minimum Gasteiger partial charge on any atom is -0.324 e. The lowest BCUT2D eigenvalue weighted by Gasteiger charge is -2.31. The maximum Gasteiger partial charge on any atom is 0.409 e. The Morgan fingerprint density at radius 3 is 2.83 bits per heavy atom. The van der Waals surface area contributed by atoms with Gasteiger partial charge in [0.25, 0.3) is 0 Å². The number of benzene rings is 1. The number of aromatic nitrogens is 4. The van der Waals surface area contributed by atoms with Crippen LogP contribution in [0.5, 0.6) is 0 Å². The zero-order valence-electron chi connectivity index (χ0n) is 15.6. The van der Waals surface area contributed by atoms with Crippen molar-refractivity contribution in [2.45, 2.75) is 23.7 Å². The van der Waals surface area contributed by atoms with E-state index in [0.29, 0.717) is 21.0 Å². The number of hydrogen-bond acceptors (Lipinski definition) is 6. The number of nitrogens with one attached hydrogen (secondary N) is 1. The van der Waals surface area contributed by atoms with Gasteiger partial charge in [0.2, 0.25) is 11.8 Å². The summed E-state index contributed by atoms with van der Waals surface area (Å²) in [6.45, 7) is 0. The van der Waals surface area contributed by atoms with E-state index in [1.807, 2.05) is 0 Å². The molecule has 0 aliphatic carbocycles. The van der Waals surface area contributed by atoms with Gasteiger partial charge in [-0.2, -0.15) is 18.3 Å². The number of rotatable bonds is 3. The van der Waals surface area contributed by atoms with Crippen LogP contribution >= 0.6 is 11.8 Å². The first-order valence-electron chi connectivity index (χ1n) is 8.79. The Morgan fingerprint density at radius 1 is 1.30 bits per heavy atom. The lowest BCUT2D eigenvalue weighted by atomic mass is 10.1. The summed E-state index contributed by atoms with van der Waals surface area (Å²) in [5.41, 5.74) is 0.706. The number of amides is 2. The summed E-state index contributed by atoms with van der Waals surface area (Å²) in [4.78, 5) is 33.9. The van der Waals surface area contributed by atoms with Crippen LogP contribution in [0.15, 0.2) is 41.8 Å². The average Bonchev–Trinajstić information content (AvgIpc) is 2.99. The minimum absolute atomic E-state index is 0.00508. The molecule has 3 aromatic rings. The summed E-state index contributed by atoms with van der Waals surface area (Å²) >= 11 is 0.992. The van der Waals surface area contributed by atoms with Crippen LogP contribution in [0, 0.1) is 0 Å². The van der Waals surface area contributed by atoms with Crippen LogP contribution in [0.1, 0.15) is 6.42 Å². The van der Waals surface area contributed by atoms with Gasteiger partial charge in [-0.3, -0.25) is 19.2 Å². The SMILES string of the molecule is Cn1ncc2c(SCC(=O)N3c4ccccc4NC(=O)C[C@H]3C(F)(F)F)ncnc21. The van der Waals surface area contributed by atoms with Crippen molar-refractivity contribution in [2.24, 2.45) is 7.05 Å².